The van der Waals surface area contributed by atoms with Gasteiger partial charge < -0.3 is 14.1 Å². The van der Waals surface area contributed by atoms with E-state index in [-0.39, 0.29) is 12.5 Å². The fourth-order valence-electron chi connectivity index (χ4n) is 3.67. The molecule has 156 valence electrons. The van der Waals surface area contributed by atoms with Crippen molar-refractivity contribution in [3.05, 3.63) is 70.3 Å². The summed E-state index contributed by atoms with van der Waals surface area (Å²) in [7, 11) is 0. The van der Waals surface area contributed by atoms with Gasteiger partial charge in [-0.1, -0.05) is 6.07 Å². The molecule has 0 radical (unpaired) electrons. The summed E-state index contributed by atoms with van der Waals surface area (Å²) in [5, 5.41) is 0.857. The first-order chi connectivity index (χ1) is 14.6. The van der Waals surface area contributed by atoms with Gasteiger partial charge in [-0.2, -0.15) is 0 Å². The third-order valence-corrected chi connectivity index (χ3v) is 5.42. The Morgan fingerprint density at radius 3 is 2.73 bits per heavy atom. The number of carbonyl (C=O) groups excluding carboxylic acids is 1. The molecule has 0 N–H and O–H groups in total. The molecule has 0 saturated carbocycles. The lowest BCUT2D eigenvalue weighted by Gasteiger charge is -2.34. The van der Waals surface area contributed by atoms with Crippen LogP contribution in [0.3, 0.4) is 0 Å². The predicted molar refractivity (Wildman–Crippen MR) is 114 cm³/mol. The number of pyridine rings is 1. The van der Waals surface area contributed by atoms with Crippen molar-refractivity contribution in [2.45, 2.75) is 13.3 Å². The van der Waals surface area contributed by atoms with Gasteiger partial charge in [-0.15, -0.1) is 0 Å². The quantitative estimate of drug-likeness (QED) is 0.584. The molecule has 1 aromatic carbocycles. The van der Waals surface area contributed by atoms with Gasteiger partial charge >= 0.3 is 5.63 Å². The van der Waals surface area contributed by atoms with E-state index in [4.69, 9.17) is 9.15 Å². The van der Waals surface area contributed by atoms with E-state index in [2.05, 4.69) is 9.88 Å². The number of hydrogen-bond donors (Lipinski definition) is 0. The van der Waals surface area contributed by atoms with Crippen LogP contribution in [-0.4, -0.2) is 60.0 Å². The molecule has 1 amide bonds. The maximum Gasteiger partial charge on any atom is 0.336 e. The second kappa shape index (κ2) is 9.09. The Kier molecular flexibility index (Phi) is 6.09. The summed E-state index contributed by atoms with van der Waals surface area (Å²) in [6.45, 7) is 5.84. The summed E-state index contributed by atoms with van der Waals surface area (Å²) < 4.78 is 10.9. The van der Waals surface area contributed by atoms with Crippen molar-refractivity contribution in [2.24, 2.45) is 0 Å². The van der Waals surface area contributed by atoms with Gasteiger partial charge in [0, 0.05) is 68.6 Å². The Morgan fingerprint density at radius 1 is 1.13 bits per heavy atom. The molecule has 0 atom stereocenters. The summed E-state index contributed by atoms with van der Waals surface area (Å²) in [4.78, 5) is 32.6. The van der Waals surface area contributed by atoms with E-state index < -0.39 is 5.63 Å². The lowest BCUT2D eigenvalue weighted by atomic mass is 10.1. The molecule has 3 heterocycles. The maximum atomic E-state index is 12.5. The van der Waals surface area contributed by atoms with Crippen molar-refractivity contribution in [2.75, 3.05) is 39.3 Å². The summed E-state index contributed by atoms with van der Waals surface area (Å²) in [5.74, 6) is 0.476. The number of piperazine rings is 1. The SMILES string of the molecule is Cc1cc(=O)oc2cc(OCC(=O)N3CCN(CCc4ccccn4)CC3)ccc12. The summed E-state index contributed by atoms with van der Waals surface area (Å²) in [5.41, 5.74) is 2.01. The zero-order valence-corrected chi connectivity index (χ0v) is 17.0. The number of nitrogens with zero attached hydrogens (tertiary/aromatic N) is 3. The molecule has 1 aliphatic heterocycles. The molecule has 30 heavy (non-hydrogen) atoms. The van der Waals surface area contributed by atoms with Crippen LogP contribution in [0.15, 0.2) is 57.9 Å². The van der Waals surface area contributed by atoms with E-state index in [0.29, 0.717) is 24.4 Å². The lowest BCUT2D eigenvalue weighted by Crippen LogP contribution is -2.50. The van der Waals surface area contributed by atoms with Crippen LogP contribution in [0, 0.1) is 6.92 Å². The van der Waals surface area contributed by atoms with Crippen LogP contribution in [0.25, 0.3) is 11.0 Å². The fraction of sp³-hybridized carbons (Fsp3) is 0.348. The average molecular weight is 407 g/mol. The molecule has 7 nitrogen and oxygen atoms in total. The smallest absolute Gasteiger partial charge is 0.336 e. The van der Waals surface area contributed by atoms with Crippen molar-refractivity contribution >= 4 is 16.9 Å². The predicted octanol–water partition coefficient (Wildman–Crippen LogP) is 2.26. The first kappa shape index (κ1) is 20.1. The summed E-state index contributed by atoms with van der Waals surface area (Å²) in [6, 6.07) is 12.7. The highest BCUT2D eigenvalue weighted by Crippen LogP contribution is 2.22. The minimum Gasteiger partial charge on any atom is -0.484 e. The minimum atomic E-state index is -0.394. The lowest BCUT2D eigenvalue weighted by molar-refractivity contribution is -0.135. The number of hydrogen-bond acceptors (Lipinski definition) is 6. The molecule has 0 spiro atoms. The third kappa shape index (κ3) is 4.86. The molecule has 0 aliphatic carbocycles. The van der Waals surface area contributed by atoms with Crippen LogP contribution in [0.1, 0.15) is 11.3 Å². The normalized spacial score (nSPS) is 14.8. The third-order valence-electron chi connectivity index (χ3n) is 5.42. The summed E-state index contributed by atoms with van der Waals surface area (Å²) in [6.07, 6.45) is 2.73. The molecule has 0 bridgehead atoms. The van der Waals surface area contributed by atoms with Crippen LogP contribution in [0.2, 0.25) is 0 Å². The van der Waals surface area contributed by atoms with Crippen molar-refractivity contribution in [1.29, 1.82) is 0 Å². The largest absolute Gasteiger partial charge is 0.484 e. The standard InChI is InChI=1S/C23H25N3O4/c1-17-14-23(28)30-21-15-19(5-6-20(17)21)29-16-22(27)26-12-10-25(11-13-26)9-7-18-4-2-3-8-24-18/h2-6,8,14-15H,7,9-13,16H2,1H3. The van der Waals surface area contributed by atoms with Gasteiger partial charge in [0.25, 0.3) is 5.91 Å². The molecule has 1 aliphatic rings. The molecular formula is C23H25N3O4. The van der Waals surface area contributed by atoms with Gasteiger partial charge in [-0.3, -0.25) is 14.7 Å². The number of ether oxygens (including phenoxy) is 1. The van der Waals surface area contributed by atoms with Gasteiger partial charge in [-0.25, -0.2) is 4.79 Å². The Labute approximate surface area is 174 Å². The maximum absolute atomic E-state index is 12.5. The Morgan fingerprint density at radius 2 is 1.97 bits per heavy atom. The van der Waals surface area contributed by atoms with Gasteiger partial charge in [0.2, 0.25) is 0 Å². The van der Waals surface area contributed by atoms with Crippen LogP contribution < -0.4 is 10.4 Å². The zero-order chi connectivity index (χ0) is 20.9. The zero-order valence-electron chi connectivity index (χ0n) is 17.0. The van der Waals surface area contributed by atoms with Gasteiger partial charge in [0.05, 0.1) is 0 Å². The first-order valence-corrected chi connectivity index (χ1v) is 10.2. The van der Waals surface area contributed by atoms with E-state index in [0.717, 1.165) is 42.7 Å². The van der Waals surface area contributed by atoms with Gasteiger partial charge in [-0.05, 0) is 36.8 Å². The molecule has 1 fully saturated rings. The number of rotatable bonds is 6. The second-order valence-corrected chi connectivity index (χ2v) is 7.49. The topological polar surface area (TPSA) is 75.9 Å². The van der Waals surface area contributed by atoms with Crippen LogP contribution in [0.4, 0.5) is 0 Å². The van der Waals surface area contributed by atoms with Crippen LogP contribution in [-0.2, 0) is 11.2 Å². The molecule has 7 heteroatoms. The minimum absolute atomic E-state index is 0.0323. The highest BCUT2D eigenvalue weighted by Gasteiger charge is 2.21. The molecule has 0 unspecified atom stereocenters. The fourth-order valence-corrected chi connectivity index (χ4v) is 3.67. The molecular weight excluding hydrogens is 382 g/mol. The Bertz CT molecular complexity index is 1070. The van der Waals surface area contributed by atoms with E-state index in [9.17, 15) is 9.59 Å². The van der Waals surface area contributed by atoms with Crippen LogP contribution >= 0.6 is 0 Å². The number of carbonyl (C=O) groups is 1. The molecule has 4 rings (SSSR count). The number of aromatic nitrogens is 1. The van der Waals surface area contributed by atoms with Gasteiger partial charge in [0.15, 0.2) is 6.61 Å². The van der Waals surface area contributed by atoms with Crippen molar-refractivity contribution in [3.8, 4) is 5.75 Å². The van der Waals surface area contributed by atoms with Gasteiger partial charge in [0.1, 0.15) is 11.3 Å². The van der Waals surface area contributed by atoms with Crippen molar-refractivity contribution in [3.63, 3.8) is 0 Å². The van der Waals surface area contributed by atoms with E-state index in [1.807, 2.05) is 42.3 Å². The van der Waals surface area contributed by atoms with Crippen molar-refractivity contribution < 1.29 is 13.9 Å². The second-order valence-electron chi connectivity index (χ2n) is 7.49. The van der Waals surface area contributed by atoms with E-state index in [1.54, 1.807) is 12.1 Å². The Balaban J connectivity index is 1.26. The van der Waals surface area contributed by atoms with E-state index in [1.165, 1.54) is 6.07 Å². The number of amides is 1. The Hall–Kier alpha value is -3.19. The van der Waals surface area contributed by atoms with Crippen molar-refractivity contribution in [1.82, 2.24) is 14.8 Å². The molecule has 2 aromatic heterocycles. The van der Waals surface area contributed by atoms with Crippen LogP contribution in [0.5, 0.6) is 5.75 Å². The molecule has 1 saturated heterocycles. The highest BCUT2D eigenvalue weighted by atomic mass is 16.5. The highest BCUT2D eigenvalue weighted by molar-refractivity contribution is 5.81. The van der Waals surface area contributed by atoms with E-state index >= 15 is 0 Å². The monoisotopic (exact) mass is 407 g/mol. The average Bonchev–Trinajstić information content (AvgIpc) is 2.76. The first-order valence-electron chi connectivity index (χ1n) is 10.2. The number of aryl methyl sites for hydroxylation is 1. The number of benzene rings is 1. The summed E-state index contributed by atoms with van der Waals surface area (Å²) >= 11 is 0. The number of fused-ring (bicyclic) bond motifs is 1. The molecule has 3 aromatic rings.